The number of benzene rings is 1. The predicted molar refractivity (Wildman–Crippen MR) is 86.9 cm³/mol. The Labute approximate surface area is 135 Å². The van der Waals surface area contributed by atoms with E-state index in [1.54, 1.807) is 20.4 Å². The quantitative estimate of drug-likeness (QED) is 0.885. The third kappa shape index (κ3) is 3.97. The number of aryl methyl sites for hydroxylation is 2. The lowest BCUT2D eigenvalue weighted by Crippen LogP contribution is -2.24. The van der Waals surface area contributed by atoms with E-state index >= 15 is 0 Å². The molecule has 6 heteroatoms. The highest BCUT2D eigenvalue weighted by Gasteiger charge is 2.12. The minimum Gasteiger partial charge on any atom is -0.493 e. The maximum absolute atomic E-state index is 12.3. The van der Waals surface area contributed by atoms with Crippen molar-refractivity contribution in [1.82, 2.24) is 15.3 Å². The Morgan fingerprint density at radius 2 is 1.96 bits per heavy atom. The first-order valence-electron chi connectivity index (χ1n) is 7.40. The molecule has 0 aliphatic carbocycles. The van der Waals surface area contributed by atoms with E-state index < -0.39 is 0 Å². The molecule has 6 nitrogen and oxygen atoms in total. The molecule has 0 atom stereocenters. The van der Waals surface area contributed by atoms with Crippen LogP contribution in [-0.2, 0) is 13.0 Å². The van der Waals surface area contributed by atoms with E-state index in [1.807, 2.05) is 32.0 Å². The van der Waals surface area contributed by atoms with Crippen LogP contribution in [0.25, 0.3) is 0 Å². The summed E-state index contributed by atoms with van der Waals surface area (Å²) in [4.78, 5) is 20.8. The van der Waals surface area contributed by atoms with Gasteiger partial charge in [0.2, 0.25) is 0 Å². The average Bonchev–Trinajstić information content (AvgIpc) is 2.59. The molecule has 0 aliphatic heterocycles. The predicted octanol–water partition coefficient (Wildman–Crippen LogP) is 2.29. The molecule has 1 N–H and O–H groups in total. The third-order valence-electron chi connectivity index (χ3n) is 3.49. The van der Waals surface area contributed by atoms with Gasteiger partial charge in [-0.2, -0.15) is 0 Å². The van der Waals surface area contributed by atoms with Crippen molar-refractivity contribution in [2.75, 3.05) is 14.2 Å². The SMILES string of the molecule is CCc1ncc(C(=O)NCc2ccc(OC)c(OC)c2)c(C)n1. The zero-order chi connectivity index (χ0) is 16.8. The standard InChI is InChI=1S/C17H21N3O3/c1-5-16-18-10-13(11(2)20-16)17(21)19-9-12-6-7-14(22-3)15(8-12)23-4/h6-8,10H,5,9H2,1-4H3,(H,19,21). The van der Waals surface area contributed by atoms with Crippen LogP contribution >= 0.6 is 0 Å². The van der Waals surface area contributed by atoms with Gasteiger partial charge in [-0.3, -0.25) is 4.79 Å². The summed E-state index contributed by atoms with van der Waals surface area (Å²) in [6.07, 6.45) is 2.32. The van der Waals surface area contributed by atoms with Crippen molar-refractivity contribution in [1.29, 1.82) is 0 Å². The fourth-order valence-electron chi connectivity index (χ4n) is 2.18. The Morgan fingerprint density at radius 1 is 1.22 bits per heavy atom. The molecule has 1 aromatic carbocycles. The Kier molecular flexibility index (Phi) is 5.51. The molecule has 0 spiro atoms. The summed E-state index contributed by atoms with van der Waals surface area (Å²) < 4.78 is 10.5. The third-order valence-corrected chi connectivity index (χ3v) is 3.49. The first-order chi connectivity index (χ1) is 11.1. The van der Waals surface area contributed by atoms with E-state index in [-0.39, 0.29) is 5.91 Å². The molecular weight excluding hydrogens is 294 g/mol. The van der Waals surface area contributed by atoms with Gasteiger partial charge in [-0.25, -0.2) is 9.97 Å². The topological polar surface area (TPSA) is 73.3 Å². The highest BCUT2D eigenvalue weighted by molar-refractivity contribution is 5.94. The molecule has 0 aliphatic rings. The smallest absolute Gasteiger partial charge is 0.254 e. The number of hydrogen-bond donors (Lipinski definition) is 1. The van der Waals surface area contributed by atoms with Gasteiger partial charge in [-0.15, -0.1) is 0 Å². The monoisotopic (exact) mass is 315 g/mol. The molecule has 0 bridgehead atoms. The van der Waals surface area contributed by atoms with Gasteiger partial charge in [0, 0.05) is 19.2 Å². The summed E-state index contributed by atoms with van der Waals surface area (Å²) in [6.45, 7) is 4.17. The van der Waals surface area contributed by atoms with Gasteiger partial charge in [-0.05, 0) is 24.6 Å². The zero-order valence-corrected chi connectivity index (χ0v) is 13.8. The van der Waals surface area contributed by atoms with Gasteiger partial charge in [0.15, 0.2) is 11.5 Å². The number of nitrogens with one attached hydrogen (secondary N) is 1. The van der Waals surface area contributed by atoms with Gasteiger partial charge in [0.1, 0.15) is 5.82 Å². The average molecular weight is 315 g/mol. The number of methoxy groups -OCH3 is 2. The molecule has 1 amide bonds. The van der Waals surface area contributed by atoms with E-state index in [4.69, 9.17) is 9.47 Å². The van der Waals surface area contributed by atoms with Crippen LogP contribution in [0.15, 0.2) is 24.4 Å². The molecule has 122 valence electrons. The normalized spacial score (nSPS) is 10.3. The maximum atomic E-state index is 12.3. The van der Waals surface area contributed by atoms with Crippen molar-refractivity contribution in [2.24, 2.45) is 0 Å². The Bertz CT molecular complexity index is 701. The molecule has 0 radical (unpaired) electrons. The number of rotatable bonds is 6. The van der Waals surface area contributed by atoms with E-state index in [1.165, 1.54) is 0 Å². The van der Waals surface area contributed by atoms with E-state index in [0.717, 1.165) is 17.8 Å². The molecule has 23 heavy (non-hydrogen) atoms. The highest BCUT2D eigenvalue weighted by atomic mass is 16.5. The molecule has 0 saturated carbocycles. The van der Waals surface area contributed by atoms with Crippen LogP contribution in [0.1, 0.15) is 34.4 Å². The lowest BCUT2D eigenvalue weighted by Gasteiger charge is -2.11. The Hall–Kier alpha value is -2.63. The fraction of sp³-hybridized carbons (Fsp3) is 0.353. The van der Waals surface area contributed by atoms with Crippen molar-refractivity contribution < 1.29 is 14.3 Å². The molecular formula is C17H21N3O3. The second kappa shape index (κ2) is 7.58. The molecule has 0 fully saturated rings. The summed E-state index contributed by atoms with van der Waals surface area (Å²) >= 11 is 0. The van der Waals surface area contributed by atoms with Crippen LogP contribution in [0, 0.1) is 6.92 Å². The Morgan fingerprint density at radius 3 is 2.57 bits per heavy atom. The van der Waals surface area contributed by atoms with Crippen LogP contribution in [0.5, 0.6) is 11.5 Å². The number of carbonyl (C=O) groups is 1. The minimum absolute atomic E-state index is 0.195. The second-order valence-electron chi connectivity index (χ2n) is 5.01. The van der Waals surface area contributed by atoms with Gasteiger partial charge < -0.3 is 14.8 Å². The van der Waals surface area contributed by atoms with E-state index in [9.17, 15) is 4.79 Å². The van der Waals surface area contributed by atoms with Crippen molar-refractivity contribution in [3.05, 3.63) is 47.0 Å². The molecule has 0 saturated heterocycles. The largest absolute Gasteiger partial charge is 0.493 e. The number of hydrogen-bond acceptors (Lipinski definition) is 5. The zero-order valence-electron chi connectivity index (χ0n) is 13.8. The summed E-state index contributed by atoms with van der Waals surface area (Å²) in [5.41, 5.74) is 2.09. The van der Waals surface area contributed by atoms with Crippen LogP contribution in [-0.4, -0.2) is 30.1 Å². The lowest BCUT2D eigenvalue weighted by atomic mass is 10.2. The summed E-state index contributed by atoms with van der Waals surface area (Å²) in [7, 11) is 3.16. The number of ether oxygens (including phenoxy) is 2. The van der Waals surface area contributed by atoms with Gasteiger partial charge >= 0.3 is 0 Å². The van der Waals surface area contributed by atoms with Crippen LogP contribution in [0.4, 0.5) is 0 Å². The second-order valence-corrected chi connectivity index (χ2v) is 5.01. The number of carbonyl (C=O) groups excluding carboxylic acids is 1. The minimum atomic E-state index is -0.195. The molecule has 0 unspecified atom stereocenters. The van der Waals surface area contributed by atoms with Gasteiger partial charge in [-0.1, -0.05) is 13.0 Å². The Balaban J connectivity index is 2.07. The highest BCUT2D eigenvalue weighted by Crippen LogP contribution is 2.27. The van der Waals surface area contributed by atoms with Crippen molar-refractivity contribution in [2.45, 2.75) is 26.8 Å². The summed E-state index contributed by atoms with van der Waals surface area (Å²) in [5, 5.41) is 2.87. The maximum Gasteiger partial charge on any atom is 0.254 e. The number of amides is 1. The van der Waals surface area contributed by atoms with Crippen LogP contribution < -0.4 is 14.8 Å². The molecule has 1 aromatic heterocycles. The van der Waals surface area contributed by atoms with E-state index in [0.29, 0.717) is 29.3 Å². The van der Waals surface area contributed by atoms with Crippen molar-refractivity contribution in [3.8, 4) is 11.5 Å². The van der Waals surface area contributed by atoms with Crippen LogP contribution in [0.3, 0.4) is 0 Å². The van der Waals surface area contributed by atoms with Gasteiger partial charge in [0.25, 0.3) is 5.91 Å². The van der Waals surface area contributed by atoms with E-state index in [2.05, 4.69) is 15.3 Å². The number of aromatic nitrogens is 2. The lowest BCUT2D eigenvalue weighted by molar-refractivity contribution is 0.0949. The summed E-state index contributed by atoms with van der Waals surface area (Å²) in [5.74, 6) is 1.83. The molecule has 2 aromatic rings. The number of nitrogens with zero attached hydrogens (tertiary/aromatic N) is 2. The molecule has 2 rings (SSSR count). The first-order valence-corrected chi connectivity index (χ1v) is 7.40. The van der Waals surface area contributed by atoms with Crippen molar-refractivity contribution in [3.63, 3.8) is 0 Å². The fourth-order valence-corrected chi connectivity index (χ4v) is 2.18. The van der Waals surface area contributed by atoms with Crippen LogP contribution in [0.2, 0.25) is 0 Å². The summed E-state index contributed by atoms with van der Waals surface area (Å²) in [6, 6.07) is 5.53. The molecule has 1 heterocycles. The van der Waals surface area contributed by atoms with Gasteiger partial charge in [0.05, 0.1) is 25.5 Å². The first kappa shape index (κ1) is 16.7. The van der Waals surface area contributed by atoms with Crippen molar-refractivity contribution >= 4 is 5.91 Å².